The molecule has 13 nitrogen and oxygen atoms in total. The minimum Gasteiger partial charge on any atom is -0.453 e. The molecule has 5 rings (SSSR count). The molecule has 3 amide bonds. The predicted molar refractivity (Wildman–Crippen MR) is 166 cm³/mol. The highest BCUT2D eigenvalue weighted by atomic mass is 35.5. The molecule has 0 radical (unpaired) electrons. The van der Waals surface area contributed by atoms with Crippen molar-refractivity contribution in [1.82, 2.24) is 35.5 Å². The molecule has 1 aliphatic heterocycles. The lowest BCUT2D eigenvalue weighted by Crippen LogP contribution is -2.27. The number of halogens is 3. The Bertz CT molecular complexity index is 1720. The van der Waals surface area contributed by atoms with Crippen LogP contribution in [0.15, 0.2) is 42.7 Å². The second-order valence-corrected chi connectivity index (χ2v) is 11.0. The maximum Gasteiger partial charge on any atom is 0.411 e. The summed E-state index contributed by atoms with van der Waals surface area (Å²) in [5, 5.41) is 20.5. The highest BCUT2D eigenvalue weighted by molar-refractivity contribution is 6.35. The van der Waals surface area contributed by atoms with Crippen LogP contribution in [0.3, 0.4) is 0 Å². The van der Waals surface area contributed by atoms with Crippen LogP contribution in [-0.4, -0.2) is 55.2 Å². The number of H-pyrrole nitrogens is 1. The molecule has 0 aliphatic carbocycles. The van der Waals surface area contributed by atoms with Gasteiger partial charge in [-0.05, 0) is 59.7 Å². The number of carbonyl (C=O) groups is 3. The summed E-state index contributed by atoms with van der Waals surface area (Å²) < 4.78 is 6.13. The van der Waals surface area contributed by atoms with Gasteiger partial charge >= 0.3 is 6.09 Å². The Morgan fingerprint density at radius 3 is 2.75 bits per heavy atom. The van der Waals surface area contributed by atoms with Gasteiger partial charge in [0.1, 0.15) is 23.0 Å². The van der Waals surface area contributed by atoms with Crippen LogP contribution in [0.2, 0.25) is 15.2 Å². The second kappa shape index (κ2) is 13.9. The highest BCUT2D eigenvalue weighted by Crippen LogP contribution is 2.39. The maximum absolute atomic E-state index is 13.2. The summed E-state index contributed by atoms with van der Waals surface area (Å²) in [7, 11) is 1.23. The third-order valence-electron chi connectivity index (χ3n) is 6.78. The van der Waals surface area contributed by atoms with E-state index in [1.54, 1.807) is 24.3 Å². The number of methoxy groups -OCH3 is 1. The van der Waals surface area contributed by atoms with E-state index in [9.17, 15) is 14.4 Å². The fourth-order valence-electron chi connectivity index (χ4n) is 4.67. The number of tetrazole rings is 1. The maximum atomic E-state index is 13.2. The van der Waals surface area contributed by atoms with Crippen LogP contribution in [0.4, 0.5) is 16.2 Å². The van der Waals surface area contributed by atoms with Crippen molar-refractivity contribution in [2.24, 2.45) is 0 Å². The van der Waals surface area contributed by atoms with Crippen molar-refractivity contribution in [2.75, 3.05) is 17.7 Å². The predicted octanol–water partition coefficient (Wildman–Crippen LogP) is 5.96. The van der Waals surface area contributed by atoms with Gasteiger partial charge in [-0.1, -0.05) is 47.6 Å². The number of rotatable bonds is 5. The summed E-state index contributed by atoms with van der Waals surface area (Å²) in [6.45, 7) is 0. The van der Waals surface area contributed by atoms with Gasteiger partial charge in [-0.25, -0.2) is 9.78 Å². The fraction of sp³-hybridized carbons (Fsp3) is 0.250. The Morgan fingerprint density at radius 1 is 1.14 bits per heavy atom. The van der Waals surface area contributed by atoms with Gasteiger partial charge in [-0.3, -0.25) is 14.9 Å². The van der Waals surface area contributed by atoms with Crippen LogP contribution in [0.25, 0.3) is 23.0 Å². The quantitative estimate of drug-likeness (QED) is 0.190. The zero-order valence-electron chi connectivity index (χ0n) is 23.2. The lowest BCUT2D eigenvalue weighted by molar-refractivity contribution is -0.117. The monoisotopic (exact) mass is 657 g/mol. The van der Waals surface area contributed by atoms with Crippen molar-refractivity contribution in [3.8, 4) is 16.9 Å². The zero-order valence-corrected chi connectivity index (χ0v) is 25.5. The number of aromatic amines is 1. The van der Waals surface area contributed by atoms with E-state index in [0.29, 0.717) is 58.3 Å². The van der Waals surface area contributed by atoms with Crippen molar-refractivity contribution in [3.05, 3.63) is 69.3 Å². The highest BCUT2D eigenvalue weighted by Gasteiger charge is 2.24. The molecule has 1 aliphatic rings. The van der Waals surface area contributed by atoms with E-state index in [-0.39, 0.29) is 34.1 Å². The number of nitrogens with one attached hydrogen (secondary N) is 4. The SMILES string of the molecule is COC(=O)Nc1cc2c(cc1Cl)-c1nc([nH]c1Cl)[C@@H](NC(=O)/C=C/c1cc(Cl)ccc1-n1cnnn1)CCCCCC(=O)N2. The van der Waals surface area contributed by atoms with Gasteiger partial charge in [0.15, 0.2) is 0 Å². The molecule has 2 bridgehead atoms. The van der Waals surface area contributed by atoms with Gasteiger partial charge < -0.3 is 20.4 Å². The Balaban J connectivity index is 1.45. The van der Waals surface area contributed by atoms with E-state index in [4.69, 9.17) is 39.8 Å². The minimum atomic E-state index is -0.725. The lowest BCUT2D eigenvalue weighted by Gasteiger charge is -2.16. The molecule has 0 saturated heterocycles. The van der Waals surface area contributed by atoms with E-state index < -0.39 is 12.1 Å². The average molecular weight is 659 g/mol. The van der Waals surface area contributed by atoms with Gasteiger partial charge in [-0.15, -0.1) is 5.10 Å². The number of anilines is 2. The topological polar surface area (TPSA) is 169 Å². The second-order valence-electron chi connectivity index (χ2n) is 9.78. The molecule has 0 unspecified atom stereocenters. The minimum absolute atomic E-state index is 0.172. The molecule has 44 heavy (non-hydrogen) atoms. The van der Waals surface area contributed by atoms with Gasteiger partial charge in [0.25, 0.3) is 0 Å². The Labute approximate surface area is 266 Å². The average Bonchev–Trinajstić information content (AvgIpc) is 3.66. The number of hydrogen-bond donors (Lipinski definition) is 4. The van der Waals surface area contributed by atoms with E-state index >= 15 is 0 Å². The summed E-state index contributed by atoms with van der Waals surface area (Å²) in [5.41, 5.74) is 2.57. The molecule has 4 aromatic rings. The first-order valence-corrected chi connectivity index (χ1v) is 14.6. The van der Waals surface area contributed by atoms with Gasteiger partial charge in [-0.2, -0.15) is 4.68 Å². The standard InChI is InChI=1S/C28H26Cl3N9O4/c1-44-28(43)35-21-13-20-17(12-18(21)30)25-26(31)37-27(36-25)19(5-3-2-4-6-23(41)34-20)33-24(42)10-7-15-11-16(29)8-9-22(15)40-14-32-38-39-40/h7-14,19H,2-6H2,1H3,(H,33,42)(H,34,41)(H,35,43)(H,36,37)/b10-7+/t19-/m0/s1. The Morgan fingerprint density at radius 2 is 1.98 bits per heavy atom. The number of carbonyl (C=O) groups excluding carboxylic acids is 3. The van der Waals surface area contributed by atoms with Gasteiger partial charge in [0.2, 0.25) is 11.8 Å². The molecule has 0 spiro atoms. The number of nitrogens with zero attached hydrogens (tertiary/aromatic N) is 5. The van der Waals surface area contributed by atoms with Crippen molar-refractivity contribution >= 4 is 70.2 Å². The van der Waals surface area contributed by atoms with Crippen molar-refractivity contribution in [1.29, 1.82) is 0 Å². The Hall–Kier alpha value is -4.46. The van der Waals surface area contributed by atoms with Crippen LogP contribution in [0.1, 0.15) is 49.5 Å². The van der Waals surface area contributed by atoms with Crippen LogP contribution in [-0.2, 0) is 14.3 Å². The van der Waals surface area contributed by atoms with E-state index in [2.05, 4.69) is 41.2 Å². The number of benzene rings is 2. The van der Waals surface area contributed by atoms with Gasteiger partial charge in [0.05, 0.1) is 35.2 Å². The smallest absolute Gasteiger partial charge is 0.411 e. The van der Waals surface area contributed by atoms with Crippen LogP contribution in [0.5, 0.6) is 0 Å². The zero-order chi connectivity index (χ0) is 31.2. The van der Waals surface area contributed by atoms with E-state index in [1.807, 2.05) is 0 Å². The van der Waals surface area contributed by atoms with Gasteiger partial charge in [0, 0.05) is 28.6 Å². The number of fused-ring (bicyclic) bond motifs is 4. The third-order valence-corrected chi connectivity index (χ3v) is 7.60. The van der Waals surface area contributed by atoms with Crippen molar-refractivity contribution in [3.63, 3.8) is 0 Å². The summed E-state index contributed by atoms with van der Waals surface area (Å²) in [6, 6.07) is 7.67. The summed E-state index contributed by atoms with van der Waals surface area (Å²) in [6.07, 6.45) is 6.59. The number of ether oxygens (including phenoxy) is 1. The first-order chi connectivity index (χ1) is 21.2. The van der Waals surface area contributed by atoms with Crippen molar-refractivity contribution < 1.29 is 19.1 Å². The third kappa shape index (κ3) is 7.36. The van der Waals surface area contributed by atoms with E-state index in [0.717, 1.165) is 6.42 Å². The first kappa shape index (κ1) is 31.0. The number of aromatic nitrogens is 6. The Kier molecular flexibility index (Phi) is 9.78. The van der Waals surface area contributed by atoms with Crippen LogP contribution in [0, 0.1) is 0 Å². The number of imidazole rings is 1. The summed E-state index contributed by atoms with van der Waals surface area (Å²) in [5.74, 6) is -0.177. The van der Waals surface area contributed by atoms with E-state index in [1.165, 1.54) is 36.3 Å². The van der Waals surface area contributed by atoms with Crippen molar-refractivity contribution in [2.45, 2.75) is 38.1 Å². The van der Waals surface area contributed by atoms with Crippen LogP contribution >= 0.6 is 34.8 Å². The fourth-order valence-corrected chi connectivity index (χ4v) is 5.30. The molecule has 0 saturated carbocycles. The summed E-state index contributed by atoms with van der Waals surface area (Å²) >= 11 is 19.3. The first-order valence-electron chi connectivity index (χ1n) is 13.5. The van der Waals surface area contributed by atoms with Crippen LogP contribution < -0.4 is 16.0 Å². The molecule has 2 aromatic heterocycles. The molecular formula is C28H26Cl3N9O4. The molecular weight excluding hydrogens is 633 g/mol. The largest absolute Gasteiger partial charge is 0.453 e. The number of amides is 3. The molecule has 4 N–H and O–H groups in total. The molecule has 3 heterocycles. The molecule has 16 heteroatoms. The summed E-state index contributed by atoms with van der Waals surface area (Å²) in [4.78, 5) is 45.6. The molecule has 228 valence electrons. The lowest BCUT2D eigenvalue weighted by atomic mass is 10.1. The molecule has 0 fully saturated rings. The molecule has 2 aromatic carbocycles. The number of hydrogen-bond acceptors (Lipinski definition) is 8. The molecule has 1 atom stereocenters. The normalized spacial score (nSPS) is 15.4.